The van der Waals surface area contributed by atoms with Gasteiger partial charge in [0.15, 0.2) is 0 Å². The van der Waals surface area contributed by atoms with Crippen LogP contribution in [0.25, 0.3) is 0 Å². The lowest BCUT2D eigenvalue weighted by Gasteiger charge is -1.96. The molecule has 0 aromatic rings. The fourth-order valence-corrected chi connectivity index (χ4v) is 0.214. The molecule has 1 atom stereocenters. The molecule has 0 spiro atoms. The van der Waals surface area contributed by atoms with Crippen molar-refractivity contribution in [3.05, 3.63) is 0 Å². The number of carboxylic acid groups (broad SMARTS) is 2. The van der Waals surface area contributed by atoms with E-state index in [1.165, 1.54) is 0 Å². The average Bonchev–Trinajstić information content (AvgIpc) is 2.03. The third kappa shape index (κ3) is 10.2. The minimum absolute atomic E-state index is 0.0926. The molecule has 0 saturated carbocycles. The molecule has 5 nitrogen and oxygen atoms in total. The van der Waals surface area contributed by atoms with Crippen LogP contribution in [0.5, 0.6) is 0 Å². The number of alkyl halides is 3. The van der Waals surface area contributed by atoms with Crippen molar-refractivity contribution in [1.29, 1.82) is 0 Å². The van der Waals surface area contributed by atoms with E-state index in [1.807, 2.05) is 0 Å². The Balaban J connectivity index is 0. The molecule has 0 amide bonds. The van der Waals surface area contributed by atoms with Gasteiger partial charge >= 0.3 is 18.1 Å². The van der Waals surface area contributed by atoms with E-state index in [-0.39, 0.29) is 6.42 Å². The molecular weight excluding hydrogens is 219 g/mol. The summed E-state index contributed by atoms with van der Waals surface area (Å²) >= 11 is 0. The molecule has 0 aliphatic heterocycles. The normalized spacial score (nSPS) is 11.7. The van der Waals surface area contributed by atoms with Gasteiger partial charge in [-0.05, 0) is 0 Å². The summed E-state index contributed by atoms with van der Waals surface area (Å²) in [6.45, 7) is 0. The van der Waals surface area contributed by atoms with E-state index in [0.717, 1.165) is 0 Å². The minimum Gasteiger partial charge on any atom is -0.480 e. The zero-order valence-corrected chi connectivity index (χ0v) is 7.28. The molecule has 0 radical (unpaired) electrons. The molecular formula is C7H8F3NO4. The van der Waals surface area contributed by atoms with Crippen LogP contribution < -0.4 is 5.73 Å². The van der Waals surface area contributed by atoms with Gasteiger partial charge in [-0.1, -0.05) is 0 Å². The van der Waals surface area contributed by atoms with Gasteiger partial charge < -0.3 is 15.9 Å². The van der Waals surface area contributed by atoms with Crippen molar-refractivity contribution >= 4 is 11.9 Å². The summed E-state index contributed by atoms with van der Waals surface area (Å²) in [5.41, 5.74) is 4.98. The zero-order valence-electron chi connectivity index (χ0n) is 7.28. The Labute approximate surface area is 82.7 Å². The average molecular weight is 227 g/mol. The van der Waals surface area contributed by atoms with Gasteiger partial charge in [0.2, 0.25) is 0 Å². The third-order valence-corrected chi connectivity index (χ3v) is 0.897. The first-order valence-corrected chi connectivity index (χ1v) is 3.34. The highest BCUT2D eigenvalue weighted by Gasteiger charge is 2.38. The van der Waals surface area contributed by atoms with Crippen LogP contribution >= 0.6 is 0 Å². The number of carbonyl (C=O) groups is 2. The lowest BCUT2D eigenvalue weighted by molar-refractivity contribution is -0.192. The highest BCUT2D eigenvalue weighted by molar-refractivity contribution is 5.73. The fraction of sp³-hybridized carbons (Fsp3) is 0.429. The van der Waals surface area contributed by atoms with Crippen LogP contribution in [0.15, 0.2) is 0 Å². The number of terminal acetylenes is 1. The molecule has 86 valence electrons. The predicted molar refractivity (Wildman–Crippen MR) is 42.8 cm³/mol. The molecule has 0 bridgehead atoms. The molecule has 4 N–H and O–H groups in total. The molecule has 0 fully saturated rings. The number of hydrogen-bond acceptors (Lipinski definition) is 3. The topological polar surface area (TPSA) is 101 Å². The molecule has 0 saturated heterocycles. The minimum atomic E-state index is -5.08. The maximum atomic E-state index is 10.6. The highest BCUT2D eigenvalue weighted by Crippen LogP contribution is 2.13. The van der Waals surface area contributed by atoms with Gasteiger partial charge in [0, 0.05) is 6.42 Å². The Morgan fingerprint density at radius 1 is 1.40 bits per heavy atom. The maximum Gasteiger partial charge on any atom is 0.490 e. The summed E-state index contributed by atoms with van der Waals surface area (Å²) in [6, 6.07) is -0.903. The largest absolute Gasteiger partial charge is 0.490 e. The molecule has 8 heteroatoms. The second kappa shape index (κ2) is 6.67. The number of halogens is 3. The zero-order chi connectivity index (χ0) is 12.6. The van der Waals surface area contributed by atoms with Gasteiger partial charge in [0.1, 0.15) is 6.04 Å². The number of carboxylic acids is 2. The van der Waals surface area contributed by atoms with Crippen LogP contribution in [-0.2, 0) is 9.59 Å². The number of rotatable bonds is 2. The first kappa shape index (κ1) is 15.7. The lowest BCUT2D eigenvalue weighted by atomic mass is 10.2. The van der Waals surface area contributed by atoms with Gasteiger partial charge in [-0.25, -0.2) is 4.79 Å². The summed E-state index contributed by atoms with van der Waals surface area (Å²) in [4.78, 5) is 18.8. The molecule has 15 heavy (non-hydrogen) atoms. The van der Waals surface area contributed by atoms with E-state index in [9.17, 15) is 18.0 Å². The molecule has 0 heterocycles. The SMILES string of the molecule is C#CC[C@H](N)C(=O)O.O=C(O)C(F)(F)F. The van der Waals surface area contributed by atoms with E-state index in [0.29, 0.717) is 0 Å². The summed E-state index contributed by atoms with van der Waals surface area (Å²) in [5.74, 6) is -1.67. The van der Waals surface area contributed by atoms with E-state index < -0.39 is 24.2 Å². The molecule has 0 rings (SSSR count). The Bertz CT molecular complexity index is 268. The van der Waals surface area contributed by atoms with Crippen LogP contribution in [0.1, 0.15) is 6.42 Å². The van der Waals surface area contributed by atoms with Crippen LogP contribution in [0.2, 0.25) is 0 Å². The van der Waals surface area contributed by atoms with Gasteiger partial charge in [0.25, 0.3) is 0 Å². The first-order valence-electron chi connectivity index (χ1n) is 3.34. The van der Waals surface area contributed by atoms with Gasteiger partial charge in [-0.3, -0.25) is 4.79 Å². The summed E-state index contributed by atoms with van der Waals surface area (Å²) < 4.78 is 31.7. The summed E-state index contributed by atoms with van der Waals surface area (Å²) in [6.07, 6.45) is -0.217. The predicted octanol–water partition coefficient (Wildman–Crippen LogP) is 0.0549. The number of aliphatic carboxylic acids is 2. The van der Waals surface area contributed by atoms with Crippen LogP contribution in [0.3, 0.4) is 0 Å². The molecule has 0 aliphatic rings. The molecule has 0 aromatic heterocycles. The van der Waals surface area contributed by atoms with Crippen molar-refractivity contribution in [1.82, 2.24) is 0 Å². The Kier molecular flexibility index (Phi) is 6.98. The second-order valence-corrected chi connectivity index (χ2v) is 2.16. The van der Waals surface area contributed by atoms with Crippen LogP contribution in [0.4, 0.5) is 13.2 Å². The van der Waals surface area contributed by atoms with Crippen molar-refractivity contribution in [3.63, 3.8) is 0 Å². The van der Waals surface area contributed by atoms with Crippen molar-refractivity contribution < 1.29 is 33.0 Å². The maximum absolute atomic E-state index is 10.6. The van der Waals surface area contributed by atoms with Crippen LogP contribution in [-0.4, -0.2) is 34.4 Å². The highest BCUT2D eigenvalue weighted by atomic mass is 19.4. The van der Waals surface area contributed by atoms with E-state index in [4.69, 9.17) is 27.2 Å². The van der Waals surface area contributed by atoms with Crippen molar-refractivity contribution in [2.24, 2.45) is 5.73 Å². The smallest absolute Gasteiger partial charge is 0.480 e. The quantitative estimate of drug-likeness (QED) is 0.579. The molecule has 0 aliphatic carbocycles. The van der Waals surface area contributed by atoms with Crippen LogP contribution in [0, 0.1) is 12.3 Å². The van der Waals surface area contributed by atoms with Gasteiger partial charge in [0.05, 0.1) is 0 Å². The number of hydrogen-bond donors (Lipinski definition) is 3. The van der Waals surface area contributed by atoms with Gasteiger partial charge in [-0.15, -0.1) is 12.3 Å². The Morgan fingerprint density at radius 3 is 1.80 bits per heavy atom. The van der Waals surface area contributed by atoms with Gasteiger partial charge in [-0.2, -0.15) is 13.2 Å². The Hall–Kier alpha value is -1.75. The second-order valence-electron chi connectivity index (χ2n) is 2.16. The Morgan fingerprint density at radius 2 is 1.73 bits per heavy atom. The summed E-state index contributed by atoms with van der Waals surface area (Å²) in [5, 5.41) is 15.2. The van der Waals surface area contributed by atoms with Crippen molar-refractivity contribution in [2.45, 2.75) is 18.6 Å². The third-order valence-electron chi connectivity index (χ3n) is 0.897. The molecule has 0 unspecified atom stereocenters. The number of nitrogens with two attached hydrogens (primary N) is 1. The summed E-state index contributed by atoms with van der Waals surface area (Å²) in [7, 11) is 0. The fourth-order valence-electron chi connectivity index (χ4n) is 0.214. The van der Waals surface area contributed by atoms with Crippen molar-refractivity contribution in [3.8, 4) is 12.3 Å². The van der Waals surface area contributed by atoms with E-state index >= 15 is 0 Å². The molecule has 0 aromatic carbocycles. The van der Waals surface area contributed by atoms with Crippen molar-refractivity contribution in [2.75, 3.05) is 0 Å². The lowest BCUT2D eigenvalue weighted by Crippen LogP contribution is -2.29. The monoisotopic (exact) mass is 227 g/mol. The van der Waals surface area contributed by atoms with E-state index in [1.54, 1.807) is 0 Å². The van der Waals surface area contributed by atoms with E-state index in [2.05, 4.69) is 5.92 Å². The standard InChI is InChI=1S/C5H7NO2.C2HF3O2/c1-2-3-4(6)5(7)8;3-2(4,5)1(6)7/h1,4H,3,6H2,(H,7,8);(H,6,7)/t4-;/m0./s1. The first-order chi connectivity index (χ1) is 6.62.